The van der Waals surface area contributed by atoms with E-state index in [1.165, 1.54) is 6.92 Å². The van der Waals surface area contributed by atoms with Crippen molar-refractivity contribution >= 4 is 29.2 Å². The van der Waals surface area contributed by atoms with E-state index in [0.29, 0.717) is 35.7 Å². The standard InChI is InChI=1S/C22H24N2O5/c1-14(25)23-15-6-10-17(11-7-15)29-18-12-8-16(9-13-18)24-21(26)19-4-2-3-5-20(19)22(27)28/h6-13,19-20H,2-5H2,1H3,(H,23,25)(H,24,26)(H,27,28). The van der Waals surface area contributed by atoms with Gasteiger partial charge in [-0.1, -0.05) is 12.8 Å². The van der Waals surface area contributed by atoms with E-state index < -0.39 is 17.8 Å². The van der Waals surface area contributed by atoms with Gasteiger partial charge in [-0.3, -0.25) is 14.4 Å². The van der Waals surface area contributed by atoms with Crippen molar-refractivity contribution in [1.82, 2.24) is 0 Å². The van der Waals surface area contributed by atoms with Gasteiger partial charge in [-0.15, -0.1) is 0 Å². The third-order valence-electron chi connectivity index (χ3n) is 4.95. The summed E-state index contributed by atoms with van der Waals surface area (Å²) in [5.41, 5.74) is 1.28. The third kappa shape index (κ3) is 5.57. The van der Waals surface area contributed by atoms with Crippen LogP contribution < -0.4 is 15.4 Å². The maximum atomic E-state index is 12.5. The van der Waals surface area contributed by atoms with Gasteiger partial charge in [-0.25, -0.2) is 0 Å². The molecule has 2 unspecified atom stereocenters. The number of carbonyl (C=O) groups is 3. The molecule has 0 aromatic heterocycles. The zero-order chi connectivity index (χ0) is 20.8. The normalized spacial score (nSPS) is 18.5. The first-order valence-corrected chi connectivity index (χ1v) is 9.61. The maximum Gasteiger partial charge on any atom is 0.307 e. The van der Waals surface area contributed by atoms with E-state index in [9.17, 15) is 19.5 Å². The number of rotatable bonds is 6. The van der Waals surface area contributed by atoms with E-state index in [1.807, 2.05) is 0 Å². The van der Waals surface area contributed by atoms with Crippen LogP contribution in [-0.4, -0.2) is 22.9 Å². The number of carboxylic acid groups (broad SMARTS) is 1. The minimum Gasteiger partial charge on any atom is -0.481 e. The summed E-state index contributed by atoms with van der Waals surface area (Å²) in [4.78, 5) is 35.0. The molecule has 1 fully saturated rings. The molecule has 2 atom stereocenters. The number of hydrogen-bond donors (Lipinski definition) is 3. The summed E-state index contributed by atoms with van der Waals surface area (Å²) in [5.74, 6) is -1.21. The number of hydrogen-bond acceptors (Lipinski definition) is 4. The second kappa shape index (κ2) is 9.23. The summed E-state index contributed by atoms with van der Waals surface area (Å²) < 4.78 is 5.76. The Morgan fingerprint density at radius 3 is 1.79 bits per heavy atom. The largest absolute Gasteiger partial charge is 0.481 e. The van der Waals surface area contributed by atoms with Gasteiger partial charge in [0.2, 0.25) is 11.8 Å². The molecule has 0 aliphatic heterocycles. The number of aliphatic carboxylic acids is 1. The van der Waals surface area contributed by atoms with Crippen molar-refractivity contribution in [3.63, 3.8) is 0 Å². The molecule has 2 aromatic carbocycles. The molecule has 7 nitrogen and oxygen atoms in total. The molecule has 1 aliphatic carbocycles. The van der Waals surface area contributed by atoms with Crippen molar-refractivity contribution in [3.05, 3.63) is 48.5 Å². The van der Waals surface area contributed by atoms with Crippen LogP contribution in [0.1, 0.15) is 32.6 Å². The fraction of sp³-hybridized carbons (Fsp3) is 0.318. The van der Waals surface area contributed by atoms with E-state index in [-0.39, 0.29) is 11.8 Å². The monoisotopic (exact) mass is 396 g/mol. The molecule has 2 amide bonds. The van der Waals surface area contributed by atoms with E-state index in [2.05, 4.69) is 10.6 Å². The molecule has 152 valence electrons. The summed E-state index contributed by atoms with van der Waals surface area (Å²) in [7, 11) is 0. The molecule has 0 saturated heterocycles. The number of nitrogens with one attached hydrogen (secondary N) is 2. The zero-order valence-corrected chi connectivity index (χ0v) is 16.2. The van der Waals surface area contributed by atoms with Gasteiger partial charge in [0.1, 0.15) is 11.5 Å². The highest BCUT2D eigenvalue weighted by Crippen LogP contribution is 2.31. The fourth-order valence-electron chi connectivity index (χ4n) is 3.53. The predicted octanol–water partition coefficient (Wildman–Crippen LogP) is 4.27. The van der Waals surface area contributed by atoms with Crippen molar-refractivity contribution < 1.29 is 24.2 Å². The maximum absolute atomic E-state index is 12.5. The van der Waals surface area contributed by atoms with Gasteiger partial charge in [-0.2, -0.15) is 0 Å². The van der Waals surface area contributed by atoms with Crippen LogP contribution in [0.25, 0.3) is 0 Å². The van der Waals surface area contributed by atoms with Crippen LogP contribution in [0.15, 0.2) is 48.5 Å². The Morgan fingerprint density at radius 1 is 0.828 bits per heavy atom. The van der Waals surface area contributed by atoms with Crippen LogP contribution in [0.2, 0.25) is 0 Å². The van der Waals surface area contributed by atoms with Gasteiger partial charge < -0.3 is 20.5 Å². The second-order valence-corrected chi connectivity index (χ2v) is 7.16. The Bertz CT molecular complexity index is 877. The number of amides is 2. The zero-order valence-electron chi connectivity index (χ0n) is 16.2. The molecule has 7 heteroatoms. The van der Waals surface area contributed by atoms with Crippen LogP contribution in [0.4, 0.5) is 11.4 Å². The van der Waals surface area contributed by atoms with E-state index in [1.54, 1.807) is 48.5 Å². The summed E-state index contributed by atoms with van der Waals surface area (Å²) in [6.07, 6.45) is 2.85. The topological polar surface area (TPSA) is 105 Å². The van der Waals surface area contributed by atoms with Crippen LogP contribution in [-0.2, 0) is 14.4 Å². The summed E-state index contributed by atoms with van der Waals surface area (Å²) in [5, 5.41) is 14.8. The van der Waals surface area contributed by atoms with Crippen LogP contribution in [0.3, 0.4) is 0 Å². The number of anilines is 2. The average Bonchev–Trinajstić information content (AvgIpc) is 2.70. The van der Waals surface area contributed by atoms with Crippen molar-refractivity contribution in [3.8, 4) is 11.5 Å². The van der Waals surface area contributed by atoms with Crippen molar-refractivity contribution in [2.45, 2.75) is 32.6 Å². The Balaban J connectivity index is 1.59. The van der Waals surface area contributed by atoms with E-state index >= 15 is 0 Å². The first-order chi connectivity index (χ1) is 13.9. The molecule has 0 spiro atoms. The van der Waals surface area contributed by atoms with E-state index in [4.69, 9.17) is 4.74 Å². The lowest BCUT2D eigenvalue weighted by molar-refractivity contribution is -0.147. The van der Waals surface area contributed by atoms with Gasteiger partial charge in [0, 0.05) is 18.3 Å². The van der Waals surface area contributed by atoms with Crippen LogP contribution in [0.5, 0.6) is 11.5 Å². The highest BCUT2D eigenvalue weighted by Gasteiger charge is 2.35. The third-order valence-corrected chi connectivity index (χ3v) is 4.95. The molecular weight excluding hydrogens is 372 g/mol. The van der Waals surface area contributed by atoms with Crippen molar-refractivity contribution in [1.29, 1.82) is 0 Å². The Morgan fingerprint density at radius 2 is 1.31 bits per heavy atom. The Labute approximate surface area is 169 Å². The van der Waals surface area contributed by atoms with Crippen LogP contribution in [0, 0.1) is 11.8 Å². The van der Waals surface area contributed by atoms with Gasteiger partial charge in [-0.05, 0) is 61.4 Å². The number of ether oxygens (including phenoxy) is 1. The molecule has 1 saturated carbocycles. The van der Waals surface area contributed by atoms with Gasteiger partial charge in [0.05, 0.1) is 11.8 Å². The number of carboxylic acids is 1. The van der Waals surface area contributed by atoms with Crippen molar-refractivity contribution in [2.75, 3.05) is 10.6 Å². The first kappa shape index (κ1) is 20.4. The number of carbonyl (C=O) groups excluding carboxylic acids is 2. The van der Waals surface area contributed by atoms with Gasteiger partial charge in [0.25, 0.3) is 0 Å². The molecular formula is C22H24N2O5. The smallest absolute Gasteiger partial charge is 0.307 e. The molecule has 2 aromatic rings. The minimum absolute atomic E-state index is 0.140. The Kier molecular flexibility index (Phi) is 6.49. The van der Waals surface area contributed by atoms with Gasteiger partial charge in [0.15, 0.2) is 0 Å². The first-order valence-electron chi connectivity index (χ1n) is 9.61. The molecule has 1 aliphatic rings. The SMILES string of the molecule is CC(=O)Nc1ccc(Oc2ccc(NC(=O)C3CCCCC3C(=O)O)cc2)cc1. The minimum atomic E-state index is -0.905. The summed E-state index contributed by atoms with van der Waals surface area (Å²) in [6.45, 7) is 1.45. The highest BCUT2D eigenvalue weighted by atomic mass is 16.5. The molecule has 0 bridgehead atoms. The fourth-order valence-corrected chi connectivity index (χ4v) is 3.53. The summed E-state index contributed by atoms with van der Waals surface area (Å²) in [6, 6.07) is 13.9. The molecule has 0 heterocycles. The molecule has 3 rings (SSSR count). The number of benzene rings is 2. The quantitative estimate of drug-likeness (QED) is 0.676. The average molecular weight is 396 g/mol. The lowest BCUT2D eigenvalue weighted by Crippen LogP contribution is -2.36. The van der Waals surface area contributed by atoms with Crippen LogP contribution >= 0.6 is 0 Å². The van der Waals surface area contributed by atoms with Crippen molar-refractivity contribution in [2.24, 2.45) is 11.8 Å². The Hall–Kier alpha value is -3.35. The molecule has 29 heavy (non-hydrogen) atoms. The predicted molar refractivity (Wildman–Crippen MR) is 109 cm³/mol. The lowest BCUT2D eigenvalue weighted by atomic mass is 9.78. The second-order valence-electron chi connectivity index (χ2n) is 7.16. The van der Waals surface area contributed by atoms with Gasteiger partial charge >= 0.3 is 5.97 Å². The molecule has 0 radical (unpaired) electrons. The van der Waals surface area contributed by atoms with E-state index in [0.717, 1.165) is 12.8 Å². The highest BCUT2D eigenvalue weighted by molar-refractivity contribution is 5.95. The molecule has 3 N–H and O–H groups in total. The summed E-state index contributed by atoms with van der Waals surface area (Å²) >= 11 is 0. The lowest BCUT2D eigenvalue weighted by Gasteiger charge is -2.27.